The third-order valence-corrected chi connectivity index (χ3v) is 8.93. The van der Waals surface area contributed by atoms with Crippen LogP contribution in [0, 0.1) is 17.2 Å². The SMILES string of the molecule is N#Cc1cccc(C2=C3C=CC=CC3C(c3cccc(-c4cc(-c5ccccc5)nc(-c5ccccc5)n4)c3)c3ccccc32)c1. The van der Waals surface area contributed by atoms with Crippen LogP contribution in [0.3, 0.4) is 0 Å². The van der Waals surface area contributed by atoms with Crippen molar-refractivity contribution >= 4 is 5.57 Å². The molecular weight excluding hydrogens is 558 g/mol. The Bertz CT molecular complexity index is 2160. The average molecular weight is 588 g/mol. The van der Waals surface area contributed by atoms with E-state index in [0.717, 1.165) is 33.6 Å². The van der Waals surface area contributed by atoms with E-state index in [1.165, 1.54) is 27.8 Å². The van der Waals surface area contributed by atoms with E-state index < -0.39 is 0 Å². The first-order chi connectivity index (χ1) is 22.8. The van der Waals surface area contributed by atoms with Gasteiger partial charge in [0.2, 0.25) is 0 Å². The van der Waals surface area contributed by atoms with Crippen molar-refractivity contribution in [3.8, 4) is 40.0 Å². The van der Waals surface area contributed by atoms with Gasteiger partial charge in [-0.2, -0.15) is 5.26 Å². The number of rotatable bonds is 5. The van der Waals surface area contributed by atoms with Crippen LogP contribution in [-0.2, 0) is 0 Å². The van der Waals surface area contributed by atoms with Gasteiger partial charge in [-0.1, -0.05) is 140 Å². The highest BCUT2D eigenvalue weighted by Crippen LogP contribution is 2.50. The minimum atomic E-state index is 0.110. The molecule has 8 rings (SSSR count). The lowest BCUT2D eigenvalue weighted by molar-refractivity contribution is 0.649. The predicted octanol–water partition coefficient (Wildman–Crippen LogP) is 10.0. The first-order valence-electron chi connectivity index (χ1n) is 15.6. The summed E-state index contributed by atoms with van der Waals surface area (Å²) in [6.45, 7) is 0. The Hall–Kier alpha value is -6.11. The van der Waals surface area contributed by atoms with Crippen LogP contribution in [0.4, 0.5) is 0 Å². The fraction of sp³-hybridized carbons (Fsp3) is 0.0465. The molecule has 0 spiro atoms. The van der Waals surface area contributed by atoms with E-state index in [-0.39, 0.29) is 11.8 Å². The lowest BCUT2D eigenvalue weighted by Crippen LogP contribution is -2.22. The predicted molar refractivity (Wildman–Crippen MR) is 186 cm³/mol. The van der Waals surface area contributed by atoms with Crippen LogP contribution >= 0.6 is 0 Å². The van der Waals surface area contributed by atoms with Gasteiger partial charge in [-0.25, -0.2) is 9.97 Å². The van der Waals surface area contributed by atoms with E-state index in [1.807, 2.05) is 54.6 Å². The highest BCUT2D eigenvalue weighted by molar-refractivity contribution is 5.89. The van der Waals surface area contributed by atoms with Crippen LogP contribution in [0.5, 0.6) is 0 Å². The van der Waals surface area contributed by atoms with Crippen molar-refractivity contribution in [2.45, 2.75) is 5.92 Å². The number of benzene rings is 5. The second-order valence-corrected chi connectivity index (χ2v) is 11.7. The van der Waals surface area contributed by atoms with Crippen molar-refractivity contribution in [3.63, 3.8) is 0 Å². The topological polar surface area (TPSA) is 49.6 Å². The molecule has 216 valence electrons. The van der Waals surface area contributed by atoms with Gasteiger partial charge in [-0.15, -0.1) is 0 Å². The van der Waals surface area contributed by atoms with Gasteiger partial charge < -0.3 is 0 Å². The van der Waals surface area contributed by atoms with Crippen LogP contribution in [0.25, 0.3) is 39.5 Å². The molecule has 0 aliphatic heterocycles. The lowest BCUT2D eigenvalue weighted by Gasteiger charge is -2.37. The first-order valence-corrected chi connectivity index (χ1v) is 15.6. The molecule has 5 aromatic carbocycles. The molecule has 0 amide bonds. The Kier molecular flexibility index (Phi) is 7.02. The zero-order chi connectivity index (χ0) is 30.9. The Morgan fingerprint density at radius 1 is 0.565 bits per heavy atom. The van der Waals surface area contributed by atoms with E-state index in [4.69, 9.17) is 9.97 Å². The van der Waals surface area contributed by atoms with Crippen LogP contribution in [0.1, 0.15) is 33.7 Å². The van der Waals surface area contributed by atoms with E-state index in [9.17, 15) is 5.26 Å². The van der Waals surface area contributed by atoms with Gasteiger partial charge in [-0.05, 0) is 57.7 Å². The number of nitriles is 1. The summed E-state index contributed by atoms with van der Waals surface area (Å²) in [5, 5.41) is 9.66. The summed E-state index contributed by atoms with van der Waals surface area (Å²) < 4.78 is 0. The molecular formula is C43H29N3. The molecule has 0 N–H and O–H groups in total. The first kappa shape index (κ1) is 27.4. The Balaban J connectivity index is 1.28. The van der Waals surface area contributed by atoms with E-state index >= 15 is 0 Å². The molecule has 0 saturated heterocycles. The molecule has 2 aliphatic rings. The minimum absolute atomic E-state index is 0.110. The number of hydrogen-bond acceptors (Lipinski definition) is 3. The minimum Gasteiger partial charge on any atom is -0.228 e. The molecule has 0 radical (unpaired) electrons. The van der Waals surface area contributed by atoms with Crippen LogP contribution in [0.2, 0.25) is 0 Å². The monoisotopic (exact) mass is 587 g/mol. The molecule has 3 nitrogen and oxygen atoms in total. The van der Waals surface area contributed by atoms with Gasteiger partial charge in [-0.3, -0.25) is 0 Å². The molecule has 0 bridgehead atoms. The molecule has 2 aliphatic carbocycles. The Morgan fingerprint density at radius 2 is 1.24 bits per heavy atom. The summed E-state index contributed by atoms with van der Waals surface area (Å²) >= 11 is 0. The zero-order valence-corrected chi connectivity index (χ0v) is 25.1. The molecule has 1 aromatic heterocycles. The van der Waals surface area contributed by atoms with Gasteiger partial charge in [0.05, 0.1) is 23.0 Å². The fourth-order valence-electron chi connectivity index (χ4n) is 6.86. The third kappa shape index (κ3) is 4.97. The van der Waals surface area contributed by atoms with Gasteiger partial charge in [0.15, 0.2) is 5.82 Å². The average Bonchev–Trinajstić information content (AvgIpc) is 3.14. The summed E-state index contributed by atoms with van der Waals surface area (Å²) in [6.07, 6.45) is 8.85. The summed E-state index contributed by atoms with van der Waals surface area (Å²) in [7, 11) is 0. The van der Waals surface area contributed by atoms with Gasteiger partial charge >= 0.3 is 0 Å². The molecule has 2 unspecified atom stereocenters. The molecule has 2 atom stereocenters. The van der Waals surface area contributed by atoms with Crippen molar-refractivity contribution in [1.29, 1.82) is 5.26 Å². The molecule has 1 heterocycles. The molecule has 0 saturated carbocycles. The number of nitrogens with zero attached hydrogens (tertiary/aromatic N) is 3. The summed E-state index contributed by atoms with van der Waals surface area (Å²) in [4.78, 5) is 10.1. The molecule has 46 heavy (non-hydrogen) atoms. The number of aromatic nitrogens is 2. The summed E-state index contributed by atoms with van der Waals surface area (Å²) in [5.74, 6) is 0.959. The van der Waals surface area contributed by atoms with Crippen molar-refractivity contribution in [2.75, 3.05) is 0 Å². The smallest absolute Gasteiger partial charge is 0.160 e. The number of allylic oxidation sites excluding steroid dienone is 5. The second kappa shape index (κ2) is 11.8. The maximum absolute atomic E-state index is 9.66. The Labute approximate surface area is 269 Å². The normalized spacial score (nSPS) is 16.4. The van der Waals surface area contributed by atoms with Crippen molar-refractivity contribution in [2.24, 2.45) is 5.92 Å². The largest absolute Gasteiger partial charge is 0.228 e. The highest BCUT2D eigenvalue weighted by atomic mass is 14.9. The summed E-state index contributed by atoms with van der Waals surface area (Å²) in [6, 6.07) is 50.5. The fourth-order valence-corrected chi connectivity index (χ4v) is 6.86. The van der Waals surface area contributed by atoms with Crippen LogP contribution in [0.15, 0.2) is 169 Å². The molecule has 3 heteroatoms. The van der Waals surface area contributed by atoms with Gasteiger partial charge in [0, 0.05) is 28.5 Å². The van der Waals surface area contributed by atoms with Crippen molar-refractivity contribution in [1.82, 2.24) is 9.97 Å². The van der Waals surface area contributed by atoms with Crippen molar-refractivity contribution < 1.29 is 0 Å². The van der Waals surface area contributed by atoms with E-state index in [2.05, 4.69) is 115 Å². The zero-order valence-electron chi connectivity index (χ0n) is 25.1. The highest BCUT2D eigenvalue weighted by Gasteiger charge is 2.35. The van der Waals surface area contributed by atoms with E-state index in [0.29, 0.717) is 11.4 Å². The van der Waals surface area contributed by atoms with Crippen LogP contribution in [-0.4, -0.2) is 9.97 Å². The third-order valence-electron chi connectivity index (χ3n) is 8.93. The Morgan fingerprint density at radius 3 is 2.04 bits per heavy atom. The standard InChI is InChI=1S/C43H29N3/c44-28-29-13-11-19-33(25-29)41-35-21-7-9-23-37(35)42(38-24-10-8-22-36(38)41)34-20-12-18-32(26-34)40-27-39(30-14-3-1-4-15-30)45-43(46-40)31-16-5-2-6-17-31/h1-27,37,42H. The van der Waals surface area contributed by atoms with Crippen molar-refractivity contribution in [3.05, 3.63) is 197 Å². The maximum Gasteiger partial charge on any atom is 0.160 e. The van der Waals surface area contributed by atoms with Gasteiger partial charge in [0.25, 0.3) is 0 Å². The quantitative estimate of drug-likeness (QED) is 0.202. The number of hydrogen-bond donors (Lipinski definition) is 0. The van der Waals surface area contributed by atoms with Crippen LogP contribution < -0.4 is 0 Å². The second-order valence-electron chi connectivity index (χ2n) is 11.7. The lowest BCUT2D eigenvalue weighted by atomic mass is 9.66. The molecule has 6 aromatic rings. The number of fused-ring (bicyclic) bond motifs is 2. The van der Waals surface area contributed by atoms with Gasteiger partial charge in [0.1, 0.15) is 0 Å². The maximum atomic E-state index is 9.66. The molecule has 0 fully saturated rings. The summed E-state index contributed by atoms with van der Waals surface area (Å²) in [5.41, 5.74) is 12.8. The van der Waals surface area contributed by atoms with E-state index in [1.54, 1.807) is 0 Å².